The first-order valence-electron chi connectivity index (χ1n) is 11.2. The molecule has 2 aliphatic heterocycles. The zero-order valence-corrected chi connectivity index (χ0v) is 19.3. The van der Waals surface area contributed by atoms with Crippen molar-refractivity contribution in [3.8, 4) is 5.75 Å². The van der Waals surface area contributed by atoms with Crippen LogP contribution in [0.15, 0.2) is 40.5 Å². The van der Waals surface area contributed by atoms with E-state index in [1.54, 1.807) is 18.5 Å². The molecule has 33 heavy (non-hydrogen) atoms. The molecule has 182 valence electrons. The first-order valence-corrected chi connectivity index (χ1v) is 11.2. The van der Waals surface area contributed by atoms with Gasteiger partial charge < -0.3 is 25.2 Å². The van der Waals surface area contributed by atoms with Crippen LogP contribution in [0.5, 0.6) is 5.75 Å². The number of piperidine rings is 1. The monoisotopic (exact) mass is 467 g/mol. The number of amides is 1. The Balaban J connectivity index is 1.37. The molecule has 2 aliphatic rings. The van der Waals surface area contributed by atoms with Crippen LogP contribution in [-0.2, 0) is 4.79 Å². The Kier molecular flexibility index (Phi) is 8.23. The van der Waals surface area contributed by atoms with Crippen LogP contribution in [0.1, 0.15) is 33.1 Å². The predicted octanol–water partition coefficient (Wildman–Crippen LogP) is 3.60. The third-order valence-corrected chi connectivity index (χ3v) is 6.03. The Morgan fingerprint density at radius 2 is 1.91 bits per heavy atom. The number of likely N-dealkylation sites (N-methyl/N-ethyl adjacent to an activating group) is 1. The number of nitrogens with zero attached hydrogens (tertiary/aromatic N) is 3. The van der Waals surface area contributed by atoms with Gasteiger partial charge >= 0.3 is 6.36 Å². The number of hydrogen-bond acceptors (Lipinski definition) is 6. The molecular weight excluding hydrogens is 435 g/mol. The zero-order chi connectivity index (χ0) is 24.0. The highest BCUT2D eigenvalue weighted by Crippen LogP contribution is 2.25. The third kappa shape index (κ3) is 7.66. The normalized spacial score (nSPS) is 18.9. The fourth-order valence-electron chi connectivity index (χ4n) is 4.06. The number of alkyl halides is 3. The smallest absolute Gasteiger partial charge is 0.406 e. The SMILES string of the molecule is CC1=C(C(=O)NCC[C@@H](C)N2CCC(Nc3ccc(OC(F)(F)F)cc3)CC2)CN(C)C=N1. The van der Waals surface area contributed by atoms with Crippen LogP contribution in [0.4, 0.5) is 18.9 Å². The van der Waals surface area contributed by atoms with Crippen LogP contribution < -0.4 is 15.4 Å². The predicted molar refractivity (Wildman–Crippen MR) is 122 cm³/mol. The Labute approximate surface area is 192 Å². The highest BCUT2D eigenvalue weighted by atomic mass is 19.4. The van der Waals surface area contributed by atoms with E-state index in [1.807, 2.05) is 18.9 Å². The van der Waals surface area contributed by atoms with Crippen LogP contribution in [-0.4, -0.2) is 73.7 Å². The van der Waals surface area contributed by atoms with E-state index in [1.165, 1.54) is 12.1 Å². The lowest BCUT2D eigenvalue weighted by molar-refractivity contribution is -0.274. The van der Waals surface area contributed by atoms with E-state index in [0.717, 1.165) is 43.7 Å². The van der Waals surface area contributed by atoms with E-state index in [-0.39, 0.29) is 17.7 Å². The van der Waals surface area contributed by atoms with Crippen molar-refractivity contribution in [2.45, 2.75) is 51.6 Å². The second kappa shape index (κ2) is 10.9. The molecular formula is C23H32F3N5O2. The van der Waals surface area contributed by atoms with Gasteiger partial charge in [-0.1, -0.05) is 0 Å². The first kappa shape index (κ1) is 24.9. The number of carbonyl (C=O) groups excluding carboxylic acids is 1. The van der Waals surface area contributed by atoms with Crippen molar-refractivity contribution >= 4 is 17.9 Å². The quantitative estimate of drug-likeness (QED) is 0.612. The Morgan fingerprint density at radius 1 is 1.24 bits per heavy atom. The van der Waals surface area contributed by atoms with Gasteiger partial charge in [0.05, 0.1) is 18.5 Å². The van der Waals surface area contributed by atoms with Crippen LogP contribution in [0, 0.1) is 0 Å². The summed E-state index contributed by atoms with van der Waals surface area (Å²) in [6.07, 6.45) is -0.222. The van der Waals surface area contributed by atoms with E-state index >= 15 is 0 Å². The summed E-state index contributed by atoms with van der Waals surface area (Å²) in [6.45, 7) is 7.04. The van der Waals surface area contributed by atoms with Crippen molar-refractivity contribution in [2.24, 2.45) is 4.99 Å². The number of anilines is 1. The fraction of sp³-hybridized carbons (Fsp3) is 0.565. The van der Waals surface area contributed by atoms with Crippen molar-refractivity contribution in [3.63, 3.8) is 0 Å². The van der Waals surface area contributed by atoms with Gasteiger partial charge in [-0.25, -0.2) is 4.99 Å². The number of hydrogen-bond donors (Lipinski definition) is 2. The summed E-state index contributed by atoms with van der Waals surface area (Å²) in [5, 5.41) is 6.41. The minimum Gasteiger partial charge on any atom is -0.406 e. The van der Waals surface area contributed by atoms with Gasteiger partial charge in [0.1, 0.15) is 5.75 Å². The molecule has 1 amide bonds. The van der Waals surface area contributed by atoms with Gasteiger partial charge in [-0.3, -0.25) is 4.79 Å². The second-order valence-corrected chi connectivity index (χ2v) is 8.64. The van der Waals surface area contributed by atoms with Crippen LogP contribution in [0.3, 0.4) is 0 Å². The average molecular weight is 468 g/mol. The maximum absolute atomic E-state index is 12.5. The van der Waals surface area contributed by atoms with Crippen molar-refractivity contribution in [1.29, 1.82) is 0 Å². The lowest BCUT2D eigenvalue weighted by Crippen LogP contribution is -2.44. The molecule has 0 spiro atoms. The van der Waals surface area contributed by atoms with Gasteiger partial charge in [0.25, 0.3) is 5.91 Å². The molecule has 1 aromatic carbocycles. The lowest BCUT2D eigenvalue weighted by atomic mass is 10.0. The number of nitrogens with one attached hydrogen (secondary N) is 2. The molecule has 0 radical (unpaired) electrons. The van der Waals surface area contributed by atoms with E-state index in [2.05, 4.69) is 32.2 Å². The van der Waals surface area contributed by atoms with Crippen molar-refractivity contribution < 1.29 is 22.7 Å². The Morgan fingerprint density at radius 3 is 2.55 bits per heavy atom. The molecule has 1 aromatic rings. The lowest BCUT2D eigenvalue weighted by Gasteiger charge is -2.36. The highest BCUT2D eigenvalue weighted by molar-refractivity contribution is 5.95. The first-order chi connectivity index (χ1) is 15.6. The van der Waals surface area contributed by atoms with Crippen molar-refractivity contribution in [1.82, 2.24) is 15.1 Å². The van der Waals surface area contributed by atoms with Gasteiger partial charge in [-0.15, -0.1) is 13.2 Å². The molecule has 2 N–H and O–H groups in total. The van der Waals surface area contributed by atoms with Crippen LogP contribution in [0.2, 0.25) is 0 Å². The van der Waals surface area contributed by atoms with Gasteiger partial charge in [0, 0.05) is 50.2 Å². The second-order valence-electron chi connectivity index (χ2n) is 8.64. The molecule has 1 fully saturated rings. The average Bonchev–Trinajstić information content (AvgIpc) is 2.76. The van der Waals surface area contributed by atoms with Gasteiger partial charge in [-0.05, 0) is 57.4 Å². The summed E-state index contributed by atoms with van der Waals surface area (Å²) in [5.74, 6) is -0.281. The minimum atomic E-state index is -4.68. The summed E-state index contributed by atoms with van der Waals surface area (Å²) in [6, 6.07) is 6.44. The number of benzene rings is 1. The van der Waals surface area contributed by atoms with Crippen LogP contribution in [0.25, 0.3) is 0 Å². The summed E-state index contributed by atoms with van der Waals surface area (Å²) in [5.41, 5.74) is 2.24. The van der Waals surface area contributed by atoms with Crippen LogP contribution >= 0.6 is 0 Å². The number of carbonyl (C=O) groups is 1. The Bertz CT molecular complexity index is 862. The Hall–Kier alpha value is -2.75. The van der Waals surface area contributed by atoms with Gasteiger partial charge in [0.2, 0.25) is 0 Å². The van der Waals surface area contributed by atoms with Gasteiger partial charge in [0.15, 0.2) is 0 Å². The molecule has 1 atom stereocenters. The fourth-order valence-corrected chi connectivity index (χ4v) is 4.06. The molecule has 1 saturated heterocycles. The van der Waals surface area contributed by atoms with Gasteiger partial charge in [-0.2, -0.15) is 0 Å². The molecule has 0 bridgehead atoms. The number of likely N-dealkylation sites (tertiary alicyclic amines) is 1. The molecule has 2 heterocycles. The van der Waals surface area contributed by atoms with E-state index in [9.17, 15) is 18.0 Å². The number of allylic oxidation sites excluding steroid dienone is 1. The summed E-state index contributed by atoms with van der Waals surface area (Å²) >= 11 is 0. The third-order valence-electron chi connectivity index (χ3n) is 6.03. The maximum Gasteiger partial charge on any atom is 0.573 e. The molecule has 0 aromatic heterocycles. The number of aliphatic imine (C=N–C) groups is 1. The van der Waals surface area contributed by atoms with Crippen molar-refractivity contribution in [2.75, 3.05) is 38.5 Å². The molecule has 3 rings (SSSR count). The highest BCUT2D eigenvalue weighted by Gasteiger charge is 2.31. The maximum atomic E-state index is 12.5. The van der Waals surface area contributed by atoms with E-state index in [0.29, 0.717) is 24.7 Å². The van der Waals surface area contributed by atoms with Crippen molar-refractivity contribution in [3.05, 3.63) is 35.5 Å². The molecule has 7 nitrogen and oxygen atoms in total. The molecule has 0 saturated carbocycles. The minimum absolute atomic E-state index is 0.0574. The largest absolute Gasteiger partial charge is 0.573 e. The molecule has 10 heteroatoms. The number of halogens is 3. The number of ether oxygens (including phenoxy) is 1. The van der Waals surface area contributed by atoms with E-state index < -0.39 is 6.36 Å². The van der Waals surface area contributed by atoms with E-state index in [4.69, 9.17) is 0 Å². The molecule has 0 unspecified atom stereocenters. The molecule has 0 aliphatic carbocycles. The topological polar surface area (TPSA) is 69.2 Å². The summed E-state index contributed by atoms with van der Waals surface area (Å²) in [7, 11) is 1.89. The summed E-state index contributed by atoms with van der Waals surface area (Å²) in [4.78, 5) is 21.0. The summed E-state index contributed by atoms with van der Waals surface area (Å²) < 4.78 is 40.7. The zero-order valence-electron chi connectivity index (χ0n) is 19.3. The number of rotatable bonds is 8. The standard InChI is InChI=1S/C23H32F3N5O2/c1-16(8-11-27-22(32)21-14-30(3)15-28-17(21)2)31-12-9-19(10-13-31)29-18-4-6-20(7-5-18)33-23(24,25)26/h4-7,15-16,19,29H,8-14H2,1-3H3,(H,27,32)/t16-/m1/s1.